The summed E-state index contributed by atoms with van der Waals surface area (Å²) in [4.78, 5) is 27.8. The van der Waals surface area contributed by atoms with Crippen LogP contribution in [0.1, 0.15) is 66.7 Å². The van der Waals surface area contributed by atoms with E-state index in [-0.39, 0.29) is 17.9 Å². The van der Waals surface area contributed by atoms with E-state index in [0.29, 0.717) is 47.2 Å². The Balaban J connectivity index is 1.64. The Bertz CT molecular complexity index is 1320. The minimum absolute atomic E-state index is 0.00335. The lowest BCUT2D eigenvalue weighted by molar-refractivity contribution is 0.0203. The Morgan fingerprint density at radius 3 is 2.22 bits per heavy atom. The highest BCUT2D eigenvalue weighted by Crippen LogP contribution is 2.34. The van der Waals surface area contributed by atoms with E-state index in [0.717, 1.165) is 22.5 Å². The van der Waals surface area contributed by atoms with Crippen molar-refractivity contribution >= 4 is 40.9 Å². The van der Waals surface area contributed by atoms with Gasteiger partial charge < -0.3 is 15.0 Å². The van der Waals surface area contributed by atoms with E-state index in [1.165, 1.54) is 0 Å². The van der Waals surface area contributed by atoms with Crippen LogP contribution in [0.5, 0.6) is 0 Å². The van der Waals surface area contributed by atoms with Crippen molar-refractivity contribution in [1.29, 1.82) is 0 Å². The molecule has 9 heteroatoms. The van der Waals surface area contributed by atoms with Gasteiger partial charge in [0, 0.05) is 34.7 Å². The number of carbonyl (C=O) groups excluding carboxylic acids is 2. The van der Waals surface area contributed by atoms with Gasteiger partial charge >= 0.3 is 6.09 Å². The van der Waals surface area contributed by atoms with Gasteiger partial charge in [-0.3, -0.25) is 4.79 Å². The molecule has 0 radical (unpaired) electrons. The van der Waals surface area contributed by atoms with Gasteiger partial charge in [0.2, 0.25) is 0 Å². The number of likely N-dealkylation sites (tertiary alicyclic amines) is 1. The van der Waals surface area contributed by atoms with Crippen molar-refractivity contribution in [3.63, 3.8) is 0 Å². The Morgan fingerprint density at radius 1 is 1.00 bits per heavy atom. The van der Waals surface area contributed by atoms with Crippen LogP contribution in [0.2, 0.25) is 10.0 Å². The highest BCUT2D eigenvalue weighted by molar-refractivity contribution is 6.32. The van der Waals surface area contributed by atoms with Crippen molar-refractivity contribution in [2.24, 2.45) is 0 Å². The molecule has 1 N–H and O–H groups in total. The summed E-state index contributed by atoms with van der Waals surface area (Å²) < 4.78 is 7.33. The zero-order valence-corrected chi connectivity index (χ0v) is 23.3. The number of nitrogens with one attached hydrogen (secondary N) is 1. The molecule has 1 saturated heterocycles. The summed E-state index contributed by atoms with van der Waals surface area (Å²) in [5, 5.41) is 8.76. The summed E-state index contributed by atoms with van der Waals surface area (Å²) in [7, 11) is 0. The number of ether oxygens (including phenoxy) is 1. The average molecular weight is 543 g/mol. The van der Waals surface area contributed by atoms with Crippen LogP contribution in [-0.4, -0.2) is 45.4 Å². The first kappa shape index (κ1) is 27.0. The average Bonchev–Trinajstić information content (AvgIpc) is 3.27. The zero-order chi connectivity index (χ0) is 26.9. The van der Waals surface area contributed by atoms with Gasteiger partial charge in [-0.15, -0.1) is 0 Å². The van der Waals surface area contributed by atoms with Crippen LogP contribution in [0, 0.1) is 13.8 Å². The van der Waals surface area contributed by atoms with Gasteiger partial charge in [-0.25, -0.2) is 9.48 Å². The van der Waals surface area contributed by atoms with Crippen LogP contribution >= 0.6 is 23.2 Å². The number of carbonyl (C=O) groups is 2. The predicted octanol–water partition coefficient (Wildman–Crippen LogP) is 7.16. The second-order valence-electron chi connectivity index (χ2n) is 10.4. The Labute approximate surface area is 227 Å². The van der Waals surface area contributed by atoms with E-state index in [2.05, 4.69) is 10.4 Å². The van der Waals surface area contributed by atoms with Crippen molar-refractivity contribution in [2.45, 2.75) is 59.0 Å². The number of benzene rings is 2. The van der Waals surface area contributed by atoms with Crippen molar-refractivity contribution in [3.8, 4) is 5.69 Å². The summed E-state index contributed by atoms with van der Waals surface area (Å²) >= 11 is 12.7. The summed E-state index contributed by atoms with van der Waals surface area (Å²) in [6.07, 6.45) is 2.61. The van der Waals surface area contributed by atoms with E-state index >= 15 is 0 Å². The molecule has 1 fully saturated rings. The van der Waals surface area contributed by atoms with Crippen molar-refractivity contribution in [1.82, 2.24) is 14.7 Å². The number of hydrogen-bond donors (Lipinski definition) is 1. The Hall–Kier alpha value is -3.03. The molecule has 0 aliphatic carbocycles. The van der Waals surface area contributed by atoms with Crippen molar-refractivity contribution < 1.29 is 14.3 Å². The molecular formula is C28H32Cl2N4O3. The second kappa shape index (κ2) is 10.8. The highest BCUT2D eigenvalue weighted by Gasteiger charge is 2.32. The van der Waals surface area contributed by atoms with E-state index in [4.69, 9.17) is 27.9 Å². The smallest absolute Gasteiger partial charge is 0.410 e. The lowest BCUT2D eigenvalue weighted by atomic mass is 9.90. The largest absolute Gasteiger partial charge is 0.444 e. The molecule has 1 aliphatic heterocycles. The van der Waals surface area contributed by atoms with Gasteiger partial charge in [0.1, 0.15) is 5.60 Å². The number of rotatable bonds is 4. The number of anilines is 1. The molecule has 37 heavy (non-hydrogen) atoms. The Kier molecular flexibility index (Phi) is 7.85. The maximum Gasteiger partial charge on any atom is 0.410 e. The van der Waals surface area contributed by atoms with Crippen LogP contribution in [-0.2, 0) is 4.74 Å². The van der Waals surface area contributed by atoms with Crippen LogP contribution in [0.3, 0.4) is 0 Å². The lowest BCUT2D eigenvalue weighted by Crippen LogP contribution is -2.41. The first-order valence-corrected chi connectivity index (χ1v) is 13.1. The van der Waals surface area contributed by atoms with Crippen molar-refractivity contribution in [3.05, 3.63) is 75.0 Å². The van der Waals surface area contributed by atoms with E-state index in [9.17, 15) is 9.59 Å². The fourth-order valence-electron chi connectivity index (χ4n) is 4.38. The topological polar surface area (TPSA) is 76.5 Å². The standard InChI is InChI=1S/C28H32Cl2N4O3/c1-17-6-8-20(14-23(17)29)32-26(35)22-16-31-34(21-9-7-18(2)24(30)15-21)25(22)19-10-12-33(13-11-19)27(36)37-28(3,4)5/h6-9,14-16,19H,10-13H2,1-5H3,(H,32,35). The molecule has 2 aromatic carbocycles. The molecule has 196 valence electrons. The predicted molar refractivity (Wildman–Crippen MR) is 147 cm³/mol. The molecule has 2 heterocycles. The lowest BCUT2D eigenvalue weighted by Gasteiger charge is -2.34. The molecule has 1 aromatic heterocycles. The minimum atomic E-state index is -0.554. The third-order valence-corrected chi connectivity index (χ3v) is 7.23. The fourth-order valence-corrected chi connectivity index (χ4v) is 4.73. The maximum absolute atomic E-state index is 13.5. The molecule has 0 saturated carbocycles. The van der Waals surface area contributed by atoms with E-state index < -0.39 is 5.60 Å². The number of hydrogen-bond acceptors (Lipinski definition) is 4. The zero-order valence-electron chi connectivity index (χ0n) is 21.8. The normalized spacial score (nSPS) is 14.5. The van der Waals surface area contributed by atoms with Crippen LogP contribution in [0.4, 0.5) is 10.5 Å². The number of amides is 2. The van der Waals surface area contributed by atoms with Gasteiger partial charge in [-0.2, -0.15) is 5.10 Å². The van der Waals surface area contributed by atoms with Gasteiger partial charge in [0.15, 0.2) is 0 Å². The molecule has 2 amide bonds. The first-order valence-electron chi connectivity index (χ1n) is 12.3. The minimum Gasteiger partial charge on any atom is -0.444 e. The van der Waals surface area contributed by atoms with E-state index in [1.807, 2.05) is 65.0 Å². The summed E-state index contributed by atoms with van der Waals surface area (Å²) in [6, 6.07) is 11.1. The fraction of sp³-hybridized carbons (Fsp3) is 0.393. The molecule has 1 aliphatic rings. The molecule has 0 atom stereocenters. The number of aryl methyl sites for hydroxylation is 2. The van der Waals surface area contributed by atoms with E-state index in [1.54, 1.807) is 21.8 Å². The number of aromatic nitrogens is 2. The number of halogens is 2. The summed E-state index contributed by atoms with van der Waals surface area (Å²) in [5.74, 6) is -0.266. The third kappa shape index (κ3) is 6.28. The number of nitrogens with zero attached hydrogens (tertiary/aromatic N) is 3. The summed E-state index contributed by atoms with van der Waals surface area (Å²) in [5.41, 5.74) is 3.99. The Morgan fingerprint density at radius 2 is 1.62 bits per heavy atom. The molecule has 0 bridgehead atoms. The molecule has 0 spiro atoms. The van der Waals surface area contributed by atoms with Crippen LogP contribution in [0.25, 0.3) is 5.69 Å². The van der Waals surface area contributed by atoms with Gasteiger partial charge in [-0.05, 0) is 82.9 Å². The third-order valence-electron chi connectivity index (χ3n) is 6.41. The molecule has 0 unspecified atom stereocenters. The SMILES string of the molecule is Cc1ccc(NC(=O)c2cnn(-c3ccc(C)c(Cl)c3)c2C2CCN(C(=O)OC(C)(C)C)CC2)cc1Cl. The highest BCUT2D eigenvalue weighted by atomic mass is 35.5. The monoisotopic (exact) mass is 542 g/mol. The quantitative estimate of drug-likeness (QED) is 0.379. The molecular weight excluding hydrogens is 511 g/mol. The van der Waals surface area contributed by atoms with Gasteiger partial charge in [0.05, 0.1) is 23.1 Å². The second-order valence-corrected chi connectivity index (χ2v) is 11.3. The van der Waals surface area contributed by atoms with Gasteiger partial charge in [-0.1, -0.05) is 35.3 Å². The number of piperidine rings is 1. The molecule has 3 aromatic rings. The first-order chi connectivity index (χ1) is 17.4. The molecule has 7 nitrogen and oxygen atoms in total. The van der Waals surface area contributed by atoms with Crippen molar-refractivity contribution in [2.75, 3.05) is 18.4 Å². The van der Waals surface area contributed by atoms with Crippen LogP contribution < -0.4 is 5.32 Å². The maximum atomic E-state index is 13.5. The van der Waals surface area contributed by atoms with Crippen LogP contribution in [0.15, 0.2) is 42.6 Å². The van der Waals surface area contributed by atoms with Gasteiger partial charge in [0.25, 0.3) is 5.91 Å². The molecule has 4 rings (SSSR count). The summed E-state index contributed by atoms with van der Waals surface area (Å²) in [6.45, 7) is 10.5.